The van der Waals surface area contributed by atoms with E-state index in [0.29, 0.717) is 29.3 Å². The van der Waals surface area contributed by atoms with E-state index in [2.05, 4.69) is 28.0 Å². The fourth-order valence-electron chi connectivity index (χ4n) is 4.12. The van der Waals surface area contributed by atoms with E-state index >= 15 is 0 Å². The third kappa shape index (κ3) is 3.06. The number of nitrogens with zero attached hydrogens (tertiary/aromatic N) is 5. The van der Waals surface area contributed by atoms with Crippen LogP contribution in [-0.4, -0.2) is 32.9 Å². The average Bonchev–Trinajstić information content (AvgIpc) is 3.23. The molecule has 0 saturated heterocycles. The van der Waals surface area contributed by atoms with Gasteiger partial charge in [-0.3, -0.25) is 9.69 Å². The van der Waals surface area contributed by atoms with Gasteiger partial charge in [0.1, 0.15) is 11.7 Å². The molecular formula is C21H22FN5O. The fraction of sp³-hybridized carbons (Fsp3) is 0.333. The van der Waals surface area contributed by atoms with E-state index in [1.54, 1.807) is 18.3 Å². The van der Waals surface area contributed by atoms with E-state index < -0.39 is 5.95 Å². The SMILES string of the molecule is C=CC[C@@H]1C(=O)N(C=C)c2cnc(-c3ccnc(F)c3)nc2N1C1CCCC1. The van der Waals surface area contributed by atoms with Gasteiger partial charge in [-0.25, -0.2) is 15.0 Å². The number of carbonyl (C=O) groups is 1. The number of aromatic nitrogens is 3. The highest BCUT2D eigenvalue weighted by Gasteiger charge is 2.42. The van der Waals surface area contributed by atoms with Crippen LogP contribution in [-0.2, 0) is 4.79 Å². The minimum absolute atomic E-state index is 0.0550. The molecule has 0 unspecified atom stereocenters. The molecular weight excluding hydrogens is 357 g/mol. The molecule has 0 bridgehead atoms. The number of fused-ring (bicyclic) bond motifs is 1. The van der Waals surface area contributed by atoms with E-state index in [0.717, 1.165) is 25.7 Å². The number of hydrogen-bond acceptors (Lipinski definition) is 5. The summed E-state index contributed by atoms with van der Waals surface area (Å²) >= 11 is 0. The first-order valence-electron chi connectivity index (χ1n) is 9.48. The minimum atomic E-state index is -0.584. The maximum Gasteiger partial charge on any atom is 0.254 e. The summed E-state index contributed by atoms with van der Waals surface area (Å²) in [6, 6.07) is 2.83. The van der Waals surface area contributed by atoms with Crippen LogP contribution in [0.3, 0.4) is 0 Å². The molecule has 1 fully saturated rings. The van der Waals surface area contributed by atoms with Gasteiger partial charge < -0.3 is 4.90 Å². The van der Waals surface area contributed by atoms with Crippen molar-refractivity contribution in [1.29, 1.82) is 0 Å². The zero-order valence-corrected chi connectivity index (χ0v) is 15.6. The third-order valence-electron chi connectivity index (χ3n) is 5.39. The van der Waals surface area contributed by atoms with E-state index in [1.165, 1.54) is 23.4 Å². The Bertz CT molecular complexity index is 925. The Kier molecular flexibility index (Phi) is 4.90. The van der Waals surface area contributed by atoms with Gasteiger partial charge in [0, 0.05) is 30.1 Å². The lowest BCUT2D eigenvalue weighted by molar-refractivity contribution is -0.119. The first kappa shape index (κ1) is 18.3. The Hall–Kier alpha value is -3.09. The van der Waals surface area contributed by atoms with Gasteiger partial charge in [0.25, 0.3) is 5.91 Å². The largest absolute Gasteiger partial charge is 0.339 e. The molecule has 1 aliphatic heterocycles. The monoisotopic (exact) mass is 379 g/mol. The maximum atomic E-state index is 13.6. The molecule has 2 aliphatic rings. The second kappa shape index (κ2) is 7.50. The van der Waals surface area contributed by atoms with E-state index in [-0.39, 0.29) is 18.0 Å². The van der Waals surface area contributed by atoms with Crippen molar-refractivity contribution in [2.24, 2.45) is 0 Å². The summed E-state index contributed by atoms with van der Waals surface area (Å²) in [6.45, 7) is 7.62. The molecule has 28 heavy (non-hydrogen) atoms. The van der Waals surface area contributed by atoms with Gasteiger partial charge in [-0.05, 0) is 25.3 Å². The normalized spacial score (nSPS) is 19.6. The van der Waals surface area contributed by atoms with Crippen LogP contribution < -0.4 is 9.80 Å². The topological polar surface area (TPSA) is 62.2 Å². The Balaban J connectivity index is 1.87. The lowest BCUT2D eigenvalue weighted by Gasteiger charge is -2.43. The summed E-state index contributed by atoms with van der Waals surface area (Å²) in [5.41, 5.74) is 1.15. The number of carbonyl (C=O) groups excluding carboxylic acids is 1. The summed E-state index contributed by atoms with van der Waals surface area (Å²) in [7, 11) is 0. The van der Waals surface area contributed by atoms with Crippen molar-refractivity contribution in [3.05, 3.63) is 55.9 Å². The number of halogens is 1. The Morgan fingerprint density at radius 2 is 2.04 bits per heavy atom. The molecule has 2 aromatic rings. The van der Waals surface area contributed by atoms with Crippen LogP contribution in [0.25, 0.3) is 11.4 Å². The molecule has 144 valence electrons. The molecule has 2 aromatic heterocycles. The van der Waals surface area contributed by atoms with Gasteiger partial charge in [0.15, 0.2) is 11.6 Å². The number of rotatable bonds is 5. The van der Waals surface area contributed by atoms with Crippen LogP contribution in [0.1, 0.15) is 32.1 Å². The zero-order valence-electron chi connectivity index (χ0n) is 15.6. The van der Waals surface area contributed by atoms with Gasteiger partial charge in [-0.15, -0.1) is 6.58 Å². The minimum Gasteiger partial charge on any atom is -0.339 e. The Labute approximate surface area is 163 Å². The quantitative estimate of drug-likeness (QED) is 0.583. The molecule has 6 nitrogen and oxygen atoms in total. The Morgan fingerprint density at radius 3 is 2.71 bits per heavy atom. The summed E-state index contributed by atoms with van der Waals surface area (Å²) in [5.74, 6) is 0.443. The number of pyridine rings is 1. The lowest BCUT2D eigenvalue weighted by atomic mass is 10.0. The molecule has 0 radical (unpaired) electrons. The van der Waals surface area contributed by atoms with Crippen molar-refractivity contribution in [1.82, 2.24) is 15.0 Å². The first-order chi connectivity index (χ1) is 13.6. The van der Waals surface area contributed by atoms with Crippen molar-refractivity contribution in [3.63, 3.8) is 0 Å². The molecule has 1 saturated carbocycles. The predicted octanol–water partition coefficient (Wildman–Crippen LogP) is 3.86. The van der Waals surface area contributed by atoms with E-state index in [9.17, 15) is 9.18 Å². The second-order valence-electron chi connectivity index (χ2n) is 7.05. The van der Waals surface area contributed by atoms with Gasteiger partial charge in [-0.2, -0.15) is 4.39 Å². The molecule has 3 heterocycles. The third-order valence-corrected chi connectivity index (χ3v) is 5.39. The summed E-state index contributed by atoms with van der Waals surface area (Å²) in [5, 5.41) is 0. The molecule has 7 heteroatoms. The predicted molar refractivity (Wildman–Crippen MR) is 106 cm³/mol. The first-order valence-corrected chi connectivity index (χ1v) is 9.48. The van der Waals surface area contributed by atoms with Crippen LogP contribution in [0.15, 0.2) is 50.0 Å². The molecule has 0 spiro atoms. The zero-order chi connectivity index (χ0) is 19.7. The molecule has 1 atom stereocenters. The van der Waals surface area contributed by atoms with Crippen LogP contribution in [0.5, 0.6) is 0 Å². The van der Waals surface area contributed by atoms with Crippen LogP contribution in [0, 0.1) is 5.95 Å². The molecule has 1 aliphatic carbocycles. The van der Waals surface area contributed by atoms with Crippen molar-refractivity contribution in [3.8, 4) is 11.4 Å². The van der Waals surface area contributed by atoms with E-state index in [1.807, 2.05) is 0 Å². The van der Waals surface area contributed by atoms with Gasteiger partial charge in [0.05, 0.1) is 6.20 Å². The van der Waals surface area contributed by atoms with Gasteiger partial charge in [0.2, 0.25) is 5.95 Å². The molecule has 0 N–H and O–H groups in total. The number of anilines is 2. The van der Waals surface area contributed by atoms with Crippen LogP contribution >= 0.6 is 0 Å². The van der Waals surface area contributed by atoms with Crippen LogP contribution in [0.4, 0.5) is 15.9 Å². The summed E-state index contributed by atoms with van der Waals surface area (Å²) in [4.78, 5) is 29.5. The molecule has 0 aromatic carbocycles. The molecule has 1 amide bonds. The van der Waals surface area contributed by atoms with Crippen molar-refractivity contribution in [2.45, 2.75) is 44.2 Å². The van der Waals surface area contributed by atoms with Gasteiger partial charge in [-0.1, -0.05) is 25.5 Å². The highest BCUT2D eigenvalue weighted by atomic mass is 19.1. The Morgan fingerprint density at radius 1 is 1.25 bits per heavy atom. The standard InChI is InChI=1S/C21H22FN5O/c1-3-7-16-21(28)26(4-2)17-13-24-19(14-10-11-23-18(22)12-14)25-20(17)27(16)15-8-5-6-9-15/h3-4,10-13,15-16H,1-2,5-9H2/t16-/m1/s1. The second-order valence-corrected chi connectivity index (χ2v) is 7.05. The lowest BCUT2D eigenvalue weighted by Crippen LogP contribution is -2.55. The molecule has 4 rings (SSSR count). The highest BCUT2D eigenvalue weighted by Crippen LogP contribution is 2.40. The number of amides is 1. The van der Waals surface area contributed by atoms with Crippen molar-refractivity contribution in [2.75, 3.05) is 9.80 Å². The van der Waals surface area contributed by atoms with Gasteiger partial charge >= 0.3 is 0 Å². The fourth-order valence-corrected chi connectivity index (χ4v) is 4.12. The van der Waals surface area contributed by atoms with Crippen molar-refractivity contribution < 1.29 is 9.18 Å². The van der Waals surface area contributed by atoms with E-state index in [4.69, 9.17) is 4.98 Å². The van der Waals surface area contributed by atoms with Crippen LogP contribution in [0.2, 0.25) is 0 Å². The summed E-state index contributed by atoms with van der Waals surface area (Å²) in [6.07, 6.45) is 11.1. The smallest absolute Gasteiger partial charge is 0.254 e. The van der Waals surface area contributed by atoms with Crippen molar-refractivity contribution >= 4 is 17.4 Å². The maximum absolute atomic E-state index is 13.6. The average molecular weight is 379 g/mol. The number of hydrogen-bond donors (Lipinski definition) is 0. The highest BCUT2D eigenvalue weighted by molar-refractivity contribution is 6.06. The summed E-state index contributed by atoms with van der Waals surface area (Å²) < 4.78 is 13.6.